The Morgan fingerprint density at radius 1 is 1.35 bits per heavy atom. The van der Waals surface area contributed by atoms with Crippen LogP contribution in [0.5, 0.6) is 5.75 Å². The van der Waals surface area contributed by atoms with Crippen LogP contribution in [0.25, 0.3) is 0 Å². The number of sulfone groups is 1. The van der Waals surface area contributed by atoms with E-state index in [0.717, 1.165) is 4.88 Å². The summed E-state index contributed by atoms with van der Waals surface area (Å²) in [5.41, 5.74) is 0.593. The van der Waals surface area contributed by atoms with Crippen LogP contribution in [0.15, 0.2) is 35.7 Å². The third kappa shape index (κ3) is 3.34. The summed E-state index contributed by atoms with van der Waals surface area (Å²) >= 11 is 7.55. The zero-order valence-corrected chi connectivity index (χ0v) is 13.6. The van der Waals surface area contributed by atoms with Crippen LogP contribution in [0.4, 0.5) is 0 Å². The summed E-state index contributed by atoms with van der Waals surface area (Å²) < 4.78 is 29.9. The molecule has 0 spiro atoms. The van der Waals surface area contributed by atoms with Crippen molar-refractivity contribution in [1.29, 1.82) is 0 Å². The molecule has 0 aliphatic carbocycles. The quantitative estimate of drug-likeness (QED) is 0.829. The van der Waals surface area contributed by atoms with Crippen LogP contribution in [0.1, 0.15) is 22.6 Å². The van der Waals surface area contributed by atoms with Gasteiger partial charge in [-0.25, -0.2) is 8.42 Å². The largest absolute Gasteiger partial charge is 0.497 e. The van der Waals surface area contributed by atoms with Gasteiger partial charge in [0, 0.05) is 9.90 Å². The Kier molecular flexibility index (Phi) is 4.73. The third-order valence-corrected chi connectivity index (χ3v) is 6.70. The fourth-order valence-electron chi connectivity index (χ4n) is 1.81. The summed E-state index contributed by atoms with van der Waals surface area (Å²) in [5.74, 6) is 0.539. The van der Waals surface area contributed by atoms with E-state index < -0.39 is 15.1 Å². The van der Waals surface area contributed by atoms with Crippen molar-refractivity contribution in [2.75, 3.05) is 7.11 Å². The second kappa shape index (κ2) is 6.16. The molecule has 6 heteroatoms. The normalized spacial score (nSPS) is 13.2. The van der Waals surface area contributed by atoms with Crippen LogP contribution in [0.3, 0.4) is 0 Å². The molecule has 0 amide bonds. The summed E-state index contributed by atoms with van der Waals surface area (Å²) in [6.45, 7) is 1.71. The maximum Gasteiger partial charge on any atom is 0.162 e. The summed E-state index contributed by atoms with van der Waals surface area (Å²) in [7, 11) is -1.75. The number of hydrogen-bond acceptors (Lipinski definition) is 4. The Labute approximate surface area is 128 Å². The first-order valence-electron chi connectivity index (χ1n) is 6.01. The fourth-order valence-corrected chi connectivity index (χ4v) is 4.77. The van der Waals surface area contributed by atoms with Gasteiger partial charge in [-0.15, -0.1) is 11.3 Å². The molecule has 108 valence electrons. The molecule has 2 aromatic rings. The zero-order chi connectivity index (χ0) is 14.8. The molecule has 1 aromatic heterocycles. The van der Waals surface area contributed by atoms with Crippen LogP contribution in [0.2, 0.25) is 5.02 Å². The average molecular weight is 331 g/mol. The Balaban J connectivity index is 2.24. The first-order valence-corrected chi connectivity index (χ1v) is 8.98. The SMILES string of the molecule is COc1ccc(CS(=O)(=O)[C@@H](C)c2cccs2)c(Cl)c1. The summed E-state index contributed by atoms with van der Waals surface area (Å²) in [5, 5.41) is 1.76. The van der Waals surface area contributed by atoms with E-state index in [9.17, 15) is 8.42 Å². The topological polar surface area (TPSA) is 43.4 Å². The molecular formula is C14H15ClO3S2. The molecule has 0 N–H and O–H groups in total. The Hall–Kier alpha value is -1.04. The van der Waals surface area contributed by atoms with Crippen LogP contribution in [0, 0.1) is 0 Å². The van der Waals surface area contributed by atoms with E-state index in [2.05, 4.69) is 0 Å². The predicted molar refractivity (Wildman–Crippen MR) is 83.4 cm³/mol. The maximum atomic E-state index is 12.4. The van der Waals surface area contributed by atoms with Crippen LogP contribution in [-0.4, -0.2) is 15.5 Å². The smallest absolute Gasteiger partial charge is 0.162 e. The molecule has 0 fully saturated rings. The number of rotatable bonds is 5. The first kappa shape index (κ1) is 15.4. The van der Waals surface area contributed by atoms with Gasteiger partial charge in [0.2, 0.25) is 0 Å². The lowest BCUT2D eigenvalue weighted by Crippen LogP contribution is -2.12. The average Bonchev–Trinajstić information content (AvgIpc) is 2.93. The van der Waals surface area contributed by atoms with E-state index in [1.54, 1.807) is 32.2 Å². The van der Waals surface area contributed by atoms with Gasteiger partial charge in [0.1, 0.15) is 5.75 Å². The molecule has 0 saturated heterocycles. The highest BCUT2D eigenvalue weighted by Crippen LogP contribution is 2.31. The number of hydrogen-bond donors (Lipinski definition) is 0. The minimum Gasteiger partial charge on any atom is -0.497 e. The molecule has 0 unspecified atom stereocenters. The third-order valence-electron chi connectivity index (χ3n) is 3.10. The van der Waals surface area contributed by atoms with Gasteiger partial charge in [-0.2, -0.15) is 0 Å². The number of thiophene rings is 1. The molecule has 0 radical (unpaired) electrons. The predicted octanol–water partition coefficient (Wildman–Crippen LogP) is 4.09. The van der Waals surface area contributed by atoms with Gasteiger partial charge in [-0.1, -0.05) is 23.7 Å². The molecule has 0 aliphatic heterocycles. The minimum absolute atomic E-state index is 0.0745. The van der Waals surface area contributed by atoms with Gasteiger partial charge >= 0.3 is 0 Å². The Bertz CT molecular complexity index is 678. The fraction of sp³-hybridized carbons (Fsp3) is 0.286. The summed E-state index contributed by atoms with van der Waals surface area (Å²) in [4.78, 5) is 0.842. The molecular weight excluding hydrogens is 316 g/mol. The van der Waals surface area contributed by atoms with Crippen molar-refractivity contribution in [3.05, 3.63) is 51.2 Å². The van der Waals surface area contributed by atoms with Crippen molar-refractivity contribution in [2.45, 2.75) is 17.9 Å². The van der Waals surface area contributed by atoms with Crippen LogP contribution < -0.4 is 4.74 Å². The molecule has 0 bridgehead atoms. The highest BCUT2D eigenvalue weighted by atomic mass is 35.5. The summed E-state index contributed by atoms with van der Waals surface area (Å²) in [6, 6.07) is 8.73. The van der Waals surface area contributed by atoms with Gasteiger partial charge < -0.3 is 4.74 Å². The lowest BCUT2D eigenvalue weighted by Gasteiger charge is -2.12. The van der Waals surface area contributed by atoms with Crippen LogP contribution >= 0.6 is 22.9 Å². The van der Waals surface area contributed by atoms with E-state index in [1.165, 1.54) is 11.3 Å². The molecule has 0 saturated carbocycles. The molecule has 1 atom stereocenters. The van der Waals surface area contributed by atoms with Crippen molar-refractivity contribution < 1.29 is 13.2 Å². The second-order valence-electron chi connectivity index (χ2n) is 4.42. The summed E-state index contributed by atoms with van der Waals surface area (Å²) in [6.07, 6.45) is 0. The second-order valence-corrected chi connectivity index (χ2v) is 8.13. The van der Waals surface area contributed by atoms with Crippen LogP contribution in [-0.2, 0) is 15.6 Å². The highest BCUT2D eigenvalue weighted by Gasteiger charge is 2.24. The number of halogens is 1. The van der Waals surface area contributed by atoms with E-state index in [4.69, 9.17) is 16.3 Å². The molecule has 2 rings (SSSR count). The van der Waals surface area contributed by atoms with Gasteiger partial charge in [0.15, 0.2) is 9.84 Å². The van der Waals surface area contributed by atoms with E-state index in [1.807, 2.05) is 17.5 Å². The van der Waals surface area contributed by atoms with Crippen molar-refractivity contribution in [3.63, 3.8) is 0 Å². The Morgan fingerprint density at radius 3 is 2.65 bits per heavy atom. The first-order chi connectivity index (χ1) is 9.44. The van der Waals surface area contributed by atoms with E-state index in [-0.39, 0.29) is 5.75 Å². The Morgan fingerprint density at radius 2 is 2.10 bits per heavy atom. The van der Waals surface area contributed by atoms with Gasteiger partial charge in [0.25, 0.3) is 0 Å². The van der Waals surface area contributed by atoms with Crippen molar-refractivity contribution in [3.8, 4) is 5.75 Å². The maximum absolute atomic E-state index is 12.4. The van der Waals surface area contributed by atoms with E-state index >= 15 is 0 Å². The molecule has 20 heavy (non-hydrogen) atoms. The standard InChI is InChI=1S/C14H15ClO3S2/c1-10(14-4-3-7-19-14)20(16,17)9-11-5-6-12(18-2)8-13(11)15/h3-8,10H,9H2,1-2H3/t10-/m0/s1. The molecule has 0 aliphatic rings. The molecule has 1 aromatic carbocycles. The number of benzene rings is 1. The van der Waals surface area contributed by atoms with Crippen molar-refractivity contribution >= 4 is 32.8 Å². The molecule has 3 nitrogen and oxygen atoms in total. The van der Waals surface area contributed by atoms with Crippen molar-refractivity contribution in [2.24, 2.45) is 0 Å². The number of ether oxygens (including phenoxy) is 1. The van der Waals surface area contributed by atoms with Crippen molar-refractivity contribution in [1.82, 2.24) is 0 Å². The highest BCUT2D eigenvalue weighted by molar-refractivity contribution is 7.91. The molecule has 1 heterocycles. The van der Waals surface area contributed by atoms with Gasteiger partial charge in [-0.05, 0) is 36.1 Å². The zero-order valence-electron chi connectivity index (χ0n) is 11.2. The lowest BCUT2D eigenvalue weighted by atomic mass is 10.2. The van der Waals surface area contributed by atoms with Gasteiger partial charge in [0.05, 0.1) is 18.1 Å². The monoisotopic (exact) mass is 330 g/mol. The van der Waals surface area contributed by atoms with Gasteiger partial charge in [-0.3, -0.25) is 0 Å². The minimum atomic E-state index is -3.29. The lowest BCUT2D eigenvalue weighted by molar-refractivity contribution is 0.414. The number of methoxy groups -OCH3 is 1. The van der Waals surface area contributed by atoms with E-state index in [0.29, 0.717) is 16.3 Å².